The molecule has 1 amide bonds. The van der Waals surface area contributed by atoms with Gasteiger partial charge in [-0.1, -0.05) is 0 Å². The number of carbonyl (C=O) groups is 1. The maximum Gasteiger partial charge on any atom is 0.266 e. The molecule has 0 unspecified atom stereocenters. The van der Waals surface area contributed by atoms with Crippen molar-refractivity contribution >= 4 is 5.91 Å². The number of nitrogens with two attached hydrogens (primary N) is 1. The van der Waals surface area contributed by atoms with E-state index >= 15 is 0 Å². The van der Waals surface area contributed by atoms with Crippen LogP contribution in [0.3, 0.4) is 0 Å². The quantitative estimate of drug-likeness (QED) is 0.457. The third-order valence-electron chi connectivity index (χ3n) is 2.86. The largest absolute Gasteiger partial charge is 0.296 e. The van der Waals surface area contributed by atoms with E-state index in [-0.39, 0.29) is 5.91 Å². The molecule has 0 atom stereocenters. The number of aryl methyl sites for hydroxylation is 1. The Hall–Kier alpha value is -2.25. The van der Waals surface area contributed by atoms with E-state index in [2.05, 4.69) is 20.4 Å². The van der Waals surface area contributed by atoms with Gasteiger partial charge in [-0.15, -0.1) is 0 Å². The van der Waals surface area contributed by atoms with Crippen LogP contribution in [0.5, 0.6) is 0 Å². The Morgan fingerprint density at radius 2 is 2.20 bits per heavy atom. The SMILES string of the molecule is CN(Cc1cnn(C)c1)Cc1ccc(C(=O)NN)cn1. The number of nitrogens with zero attached hydrogens (tertiary/aromatic N) is 4. The van der Waals surface area contributed by atoms with Crippen LogP contribution in [-0.2, 0) is 20.1 Å². The molecule has 0 aliphatic rings. The summed E-state index contributed by atoms with van der Waals surface area (Å²) < 4.78 is 1.78. The normalized spacial score (nSPS) is 10.8. The first-order valence-corrected chi connectivity index (χ1v) is 6.20. The molecule has 0 bridgehead atoms. The molecule has 0 spiro atoms. The number of hydrogen-bond acceptors (Lipinski definition) is 5. The Kier molecular flexibility index (Phi) is 4.44. The first-order valence-electron chi connectivity index (χ1n) is 6.20. The van der Waals surface area contributed by atoms with Crippen molar-refractivity contribution in [2.24, 2.45) is 12.9 Å². The van der Waals surface area contributed by atoms with Crippen molar-refractivity contribution in [1.82, 2.24) is 25.1 Å². The number of nitrogens with one attached hydrogen (secondary N) is 1. The fraction of sp³-hybridized carbons (Fsp3) is 0.308. The fourth-order valence-electron chi connectivity index (χ4n) is 1.93. The fourth-order valence-corrected chi connectivity index (χ4v) is 1.93. The van der Waals surface area contributed by atoms with Gasteiger partial charge in [0.25, 0.3) is 5.91 Å². The smallest absolute Gasteiger partial charge is 0.266 e. The highest BCUT2D eigenvalue weighted by molar-refractivity contribution is 5.93. The molecular formula is C13H18N6O. The molecule has 0 radical (unpaired) electrons. The summed E-state index contributed by atoms with van der Waals surface area (Å²) in [6, 6.07) is 3.53. The first-order chi connectivity index (χ1) is 9.58. The molecule has 0 aliphatic heterocycles. The highest BCUT2D eigenvalue weighted by Gasteiger charge is 2.07. The Morgan fingerprint density at radius 1 is 1.40 bits per heavy atom. The second kappa shape index (κ2) is 6.27. The molecule has 106 valence electrons. The maximum absolute atomic E-state index is 11.3. The number of rotatable bonds is 5. The summed E-state index contributed by atoms with van der Waals surface area (Å²) in [7, 11) is 3.90. The van der Waals surface area contributed by atoms with Crippen LogP contribution in [0.15, 0.2) is 30.7 Å². The number of amides is 1. The van der Waals surface area contributed by atoms with Gasteiger partial charge in [0, 0.05) is 38.1 Å². The van der Waals surface area contributed by atoms with Crippen LogP contribution < -0.4 is 11.3 Å². The molecule has 0 aliphatic carbocycles. The van der Waals surface area contributed by atoms with Crippen LogP contribution >= 0.6 is 0 Å². The van der Waals surface area contributed by atoms with Crippen molar-refractivity contribution < 1.29 is 4.79 Å². The van der Waals surface area contributed by atoms with Crippen molar-refractivity contribution in [3.63, 3.8) is 0 Å². The van der Waals surface area contributed by atoms with Crippen LogP contribution in [0.4, 0.5) is 0 Å². The Morgan fingerprint density at radius 3 is 2.75 bits per heavy atom. The van der Waals surface area contributed by atoms with Gasteiger partial charge in [-0.3, -0.25) is 24.8 Å². The third-order valence-corrected chi connectivity index (χ3v) is 2.86. The standard InChI is InChI=1S/C13H18N6O/c1-18(7-10-5-16-19(2)8-10)9-12-4-3-11(6-15-12)13(20)17-14/h3-6,8H,7,9,14H2,1-2H3,(H,17,20). The predicted molar refractivity (Wildman–Crippen MR) is 74.3 cm³/mol. The minimum Gasteiger partial charge on any atom is -0.296 e. The van der Waals surface area contributed by atoms with E-state index in [9.17, 15) is 4.79 Å². The highest BCUT2D eigenvalue weighted by Crippen LogP contribution is 2.06. The van der Waals surface area contributed by atoms with Crippen molar-refractivity contribution in [3.8, 4) is 0 Å². The number of aromatic nitrogens is 3. The monoisotopic (exact) mass is 274 g/mol. The summed E-state index contributed by atoms with van der Waals surface area (Å²) in [4.78, 5) is 17.7. The number of nitrogen functional groups attached to an aromatic ring is 1. The summed E-state index contributed by atoms with van der Waals surface area (Å²) in [5.41, 5.74) is 4.57. The molecule has 3 N–H and O–H groups in total. The Balaban J connectivity index is 1.94. The van der Waals surface area contributed by atoms with Crippen LogP contribution in [0, 0.1) is 0 Å². The lowest BCUT2D eigenvalue weighted by Gasteiger charge is -2.15. The van der Waals surface area contributed by atoms with Gasteiger partial charge >= 0.3 is 0 Å². The van der Waals surface area contributed by atoms with Crippen molar-refractivity contribution in [2.75, 3.05) is 7.05 Å². The molecular weight excluding hydrogens is 256 g/mol. The predicted octanol–water partition coefficient (Wildman–Crippen LogP) is 0.0506. The van der Waals surface area contributed by atoms with Crippen molar-refractivity contribution in [2.45, 2.75) is 13.1 Å². The van der Waals surface area contributed by atoms with Gasteiger partial charge in [-0.05, 0) is 19.2 Å². The second-order valence-corrected chi connectivity index (χ2v) is 4.71. The maximum atomic E-state index is 11.3. The van der Waals surface area contributed by atoms with Gasteiger partial charge < -0.3 is 0 Å². The summed E-state index contributed by atoms with van der Waals surface area (Å²) in [6.45, 7) is 1.49. The van der Waals surface area contributed by atoms with Gasteiger partial charge in [0.1, 0.15) is 0 Å². The summed E-state index contributed by atoms with van der Waals surface area (Å²) >= 11 is 0. The van der Waals surface area contributed by atoms with E-state index in [4.69, 9.17) is 5.84 Å². The van der Waals surface area contributed by atoms with Crippen molar-refractivity contribution in [3.05, 3.63) is 47.5 Å². The van der Waals surface area contributed by atoms with Gasteiger partial charge in [0.15, 0.2) is 0 Å². The third kappa shape index (κ3) is 3.62. The molecule has 7 nitrogen and oxygen atoms in total. The molecule has 20 heavy (non-hydrogen) atoms. The zero-order valence-electron chi connectivity index (χ0n) is 11.6. The molecule has 0 fully saturated rings. The van der Waals surface area contributed by atoms with Gasteiger partial charge in [0.05, 0.1) is 17.5 Å². The second-order valence-electron chi connectivity index (χ2n) is 4.71. The van der Waals surface area contributed by atoms with E-state index in [1.165, 1.54) is 6.20 Å². The Bertz CT molecular complexity index is 577. The van der Waals surface area contributed by atoms with E-state index < -0.39 is 0 Å². The zero-order valence-corrected chi connectivity index (χ0v) is 11.6. The Labute approximate surface area is 117 Å². The summed E-state index contributed by atoms with van der Waals surface area (Å²) in [6.07, 6.45) is 5.35. The minimum atomic E-state index is -0.340. The number of hydrogen-bond donors (Lipinski definition) is 2. The van der Waals surface area contributed by atoms with E-state index in [1.54, 1.807) is 10.7 Å². The first kappa shape index (κ1) is 14.2. The lowest BCUT2D eigenvalue weighted by atomic mass is 10.2. The topological polar surface area (TPSA) is 89.1 Å². The van der Waals surface area contributed by atoms with Gasteiger partial charge in [0.2, 0.25) is 0 Å². The summed E-state index contributed by atoms with van der Waals surface area (Å²) in [5.74, 6) is 4.73. The number of carbonyl (C=O) groups excluding carboxylic acids is 1. The highest BCUT2D eigenvalue weighted by atomic mass is 16.2. The molecule has 0 aromatic carbocycles. The van der Waals surface area contributed by atoms with Crippen LogP contribution in [0.1, 0.15) is 21.6 Å². The minimum absolute atomic E-state index is 0.340. The van der Waals surface area contributed by atoms with Gasteiger partial charge in [-0.25, -0.2) is 5.84 Å². The average molecular weight is 274 g/mol. The number of hydrazine groups is 1. The molecule has 7 heteroatoms. The average Bonchev–Trinajstić information content (AvgIpc) is 2.84. The van der Waals surface area contributed by atoms with Crippen molar-refractivity contribution in [1.29, 1.82) is 0 Å². The van der Waals surface area contributed by atoms with Crippen LogP contribution in [0.25, 0.3) is 0 Å². The molecule has 0 saturated carbocycles. The zero-order chi connectivity index (χ0) is 14.5. The molecule has 0 saturated heterocycles. The lowest BCUT2D eigenvalue weighted by Crippen LogP contribution is -2.30. The molecule has 2 aromatic rings. The lowest BCUT2D eigenvalue weighted by molar-refractivity contribution is 0.0953. The van der Waals surface area contributed by atoms with E-state index in [0.717, 1.165) is 17.8 Å². The number of pyridine rings is 1. The summed E-state index contributed by atoms with van der Waals surface area (Å²) in [5, 5.41) is 4.14. The molecule has 2 aromatic heterocycles. The van der Waals surface area contributed by atoms with Crippen LogP contribution in [0.2, 0.25) is 0 Å². The van der Waals surface area contributed by atoms with E-state index in [0.29, 0.717) is 12.1 Å². The van der Waals surface area contributed by atoms with Gasteiger partial charge in [-0.2, -0.15) is 5.10 Å². The molecule has 2 heterocycles. The van der Waals surface area contributed by atoms with E-state index in [1.807, 2.05) is 32.6 Å². The molecule has 2 rings (SSSR count). The van der Waals surface area contributed by atoms with Crippen LogP contribution in [-0.4, -0.2) is 32.6 Å².